The molecule has 0 saturated heterocycles. The molecular formula is C14H24O2. The Morgan fingerprint density at radius 2 is 1.94 bits per heavy atom. The largest absolute Gasteiger partial charge is 0.495 e. The molecule has 2 heteroatoms. The molecule has 0 aromatic rings. The van der Waals surface area contributed by atoms with Gasteiger partial charge in [-0.05, 0) is 25.3 Å². The first kappa shape index (κ1) is 13.3. The summed E-state index contributed by atoms with van der Waals surface area (Å²) in [5.74, 6) is 1.01. The third-order valence-electron chi connectivity index (χ3n) is 2.65. The smallest absolute Gasteiger partial charge is 0.125 e. The van der Waals surface area contributed by atoms with Crippen molar-refractivity contribution in [1.82, 2.24) is 0 Å². The summed E-state index contributed by atoms with van der Waals surface area (Å²) in [7, 11) is 0. The lowest BCUT2D eigenvalue weighted by Gasteiger charge is -2.22. The number of hydrogen-bond donors (Lipinski definition) is 0. The second-order valence-electron chi connectivity index (χ2n) is 4.15. The van der Waals surface area contributed by atoms with E-state index in [9.17, 15) is 0 Å². The standard InChI is InChI=1S/C14H24O2/c1-3-5-11-15-13-9-7-8-10-14(13)16-12-6-4-2/h7-9,14H,3-6,10-12H2,1-2H3. The summed E-state index contributed by atoms with van der Waals surface area (Å²) in [5, 5.41) is 0. The summed E-state index contributed by atoms with van der Waals surface area (Å²) in [6.45, 7) is 6.00. The Bertz CT molecular complexity index is 231. The molecule has 16 heavy (non-hydrogen) atoms. The number of hydrogen-bond acceptors (Lipinski definition) is 2. The first-order valence-electron chi connectivity index (χ1n) is 6.49. The summed E-state index contributed by atoms with van der Waals surface area (Å²) in [4.78, 5) is 0. The molecule has 0 spiro atoms. The van der Waals surface area contributed by atoms with Gasteiger partial charge in [0.25, 0.3) is 0 Å². The van der Waals surface area contributed by atoms with Crippen molar-refractivity contribution in [3.05, 3.63) is 24.0 Å². The maximum absolute atomic E-state index is 5.82. The molecule has 2 nitrogen and oxygen atoms in total. The van der Waals surface area contributed by atoms with Gasteiger partial charge in [0.1, 0.15) is 11.9 Å². The van der Waals surface area contributed by atoms with Crippen molar-refractivity contribution < 1.29 is 9.47 Å². The van der Waals surface area contributed by atoms with Gasteiger partial charge in [0.15, 0.2) is 0 Å². The third-order valence-corrected chi connectivity index (χ3v) is 2.65. The van der Waals surface area contributed by atoms with E-state index in [0.29, 0.717) is 0 Å². The van der Waals surface area contributed by atoms with E-state index in [-0.39, 0.29) is 6.10 Å². The molecule has 0 fully saturated rings. The Morgan fingerprint density at radius 3 is 2.69 bits per heavy atom. The van der Waals surface area contributed by atoms with Crippen LogP contribution >= 0.6 is 0 Å². The van der Waals surface area contributed by atoms with Gasteiger partial charge >= 0.3 is 0 Å². The maximum atomic E-state index is 5.82. The van der Waals surface area contributed by atoms with Crippen LogP contribution in [0.1, 0.15) is 46.0 Å². The highest BCUT2D eigenvalue weighted by atomic mass is 16.5. The van der Waals surface area contributed by atoms with Gasteiger partial charge in [-0.15, -0.1) is 0 Å². The van der Waals surface area contributed by atoms with Crippen molar-refractivity contribution in [2.45, 2.75) is 52.1 Å². The lowest BCUT2D eigenvalue weighted by Crippen LogP contribution is -2.20. The fourth-order valence-corrected chi connectivity index (χ4v) is 1.58. The zero-order chi connectivity index (χ0) is 11.6. The van der Waals surface area contributed by atoms with Crippen LogP contribution in [0.5, 0.6) is 0 Å². The van der Waals surface area contributed by atoms with Crippen molar-refractivity contribution in [1.29, 1.82) is 0 Å². The van der Waals surface area contributed by atoms with Crippen LogP contribution < -0.4 is 0 Å². The van der Waals surface area contributed by atoms with Crippen LogP contribution in [0.25, 0.3) is 0 Å². The van der Waals surface area contributed by atoms with Crippen LogP contribution in [-0.4, -0.2) is 19.3 Å². The first-order chi connectivity index (χ1) is 7.88. The molecule has 0 radical (unpaired) electrons. The predicted molar refractivity (Wildman–Crippen MR) is 67.3 cm³/mol. The lowest BCUT2D eigenvalue weighted by atomic mass is 10.1. The van der Waals surface area contributed by atoms with Gasteiger partial charge in [-0.3, -0.25) is 0 Å². The minimum absolute atomic E-state index is 0.147. The molecule has 0 amide bonds. The van der Waals surface area contributed by atoms with Gasteiger partial charge in [-0.25, -0.2) is 0 Å². The van der Waals surface area contributed by atoms with E-state index in [2.05, 4.69) is 26.0 Å². The first-order valence-corrected chi connectivity index (χ1v) is 6.49. The fraction of sp³-hybridized carbons (Fsp3) is 0.714. The van der Waals surface area contributed by atoms with Gasteiger partial charge < -0.3 is 9.47 Å². The summed E-state index contributed by atoms with van der Waals surface area (Å²) < 4.78 is 11.6. The van der Waals surface area contributed by atoms with Gasteiger partial charge in [0.2, 0.25) is 0 Å². The summed E-state index contributed by atoms with van der Waals surface area (Å²) >= 11 is 0. The van der Waals surface area contributed by atoms with E-state index in [1.807, 2.05) is 6.08 Å². The fourth-order valence-electron chi connectivity index (χ4n) is 1.58. The van der Waals surface area contributed by atoms with E-state index in [0.717, 1.165) is 38.2 Å². The Balaban J connectivity index is 2.30. The van der Waals surface area contributed by atoms with Crippen LogP contribution in [0, 0.1) is 0 Å². The molecule has 92 valence electrons. The molecule has 0 aliphatic heterocycles. The topological polar surface area (TPSA) is 18.5 Å². The monoisotopic (exact) mass is 224 g/mol. The van der Waals surface area contributed by atoms with Gasteiger partial charge in [-0.2, -0.15) is 0 Å². The number of unbranched alkanes of at least 4 members (excludes halogenated alkanes) is 2. The van der Waals surface area contributed by atoms with Crippen LogP contribution in [0.2, 0.25) is 0 Å². The molecule has 0 bridgehead atoms. The molecule has 1 atom stereocenters. The summed E-state index contributed by atoms with van der Waals surface area (Å²) in [5.41, 5.74) is 0. The zero-order valence-electron chi connectivity index (χ0n) is 10.6. The second-order valence-corrected chi connectivity index (χ2v) is 4.15. The molecule has 1 aliphatic rings. The van der Waals surface area contributed by atoms with Gasteiger partial charge in [-0.1, -0.05) is 38.8 Å². The Morgan fingerprint density at radius 1 is 1.19 bits per heavy atom. The average Bonchev–Trinajstić information content (AvgIpc) is 2.32. The van der Waals surface area contributed by atoms with Crippen LogP contribution in [0.3, 0.4) is 0 Å². The van der Waals surface area contributed by atoms with Gasteiger partial charge in [0, 0.05) is 6.61 Å². The molecular weight excluding hydrogens is 200 g/mol. The second kappa shape index (κ2) is 8.40. The van der Waals surface area contributed by atoms with Crippen LogP contribution in [0.15, 0.2) is 24.0 Å². The lowest BCUT2D eigenvalue weighted by molar-refractivity contribution is 0.0278. The Labute approximate surface area is 99.3 Å². The van der Waals surface area contributed by atoms with Crippen molar-refractivity contribution >= 4 is 0 Å². The molecule has 0 aromatic carbocycles. The minimum Gasteiger partial charge on any atom is -0.495 e. The average molecular weight is 224 g/mol. The molecule has 1 rings (SSSR count). The van der Waals surface area contributed by atoms with Crippen molar-refractivity contribution in [3.8, 4) is 0 Å². The summed E-state index contributed by atoms with van der Waals surface area (Å²) in [6.07, 6.45) is 11.9. The minimum atomic E-state index is 0.147. The third kappa shape index (κ3) is 4.84. The van der Waals surface area contributed by atoms with E-state index in [1.54, 1.807) is 0 Å². The molecule has 1 aliphatic carbocycles. The van der Waals surface area contributed by atoms with E-state index in [4.69, 9.17) is 9.47 Å². The van der Waals surface area contributed by atoms with Crippen molar-refractivity contribution in [2.24, 2.45) is 0 Å². The zero-order valence-corrected chi connectivity index (χ0v) is 10.6. The number of ether oxygens (including phenoxy) is 2. The predicted octanol–water partition coefficient (Wildman–Crippen LogP) is 3.83. The molecule has 0 aromatic heterocycles. The summed E-state index contributed by atoms with van der Waals surface area (Å²) in [6, 6.07) is 0. The highest BCUT2D eigenvalue weighted by Crippen LogP contribution is 2.18. The SMILES string of the molecule is CCCCOC1=CC=CCC1OCCCC. The van der Waals surface area contributed by atoms with Gasteiger partial charge in [0.05, 0.1) is 6.61 Å². The maximum Gasteiger partial charge on any atom is 0.125 e. The Kier molecular flexibility index (Phi) is 6.98. The highest BCUT2D eigenvalue weighted by Gasteiger charge is 2.16. The molecule has 0 saturated carbocycles. The van der Waals surface area contributed by atoms with E-state index >= 15 is 0 Å². The number of rotatable bonds is 8. The molecule has 0 heterocycles. The van der Waals surface area contributed by atoms with Crippen LogP contribution in [0.4, 0.5) is 0 Å². The van der Waals surface area contributed by atoms with E-state index < -0.39 is 0 Å². The number of allylic oxidation sites excluding steroid dienone is 2. The van der Waals surface area contributed by atoms with Crippen molar-refractivity contribution in [2.75, 3.05) is 13.2 Å². The highest BCUT2D eigenvalue weighted by molar-refractivity contribution is 5.17. The molecule has 0 N–H and O–H groups in total. The molecule has 1 unspecified atom stereocenters. The van der Waals surface area contributed by atoms with Crippen LogP contribution in [-0.2, 0) is 9.47 Å². The Hall–Kier alpha value is -0.760. The van der Waals surface area contributed by atoms with E-state index in [1.165, 1.54) is 12.8 Å². The quantitative estimate of drug-likeness (QED) is 0.583. The van der Waals surface area contributed by atoms with Crippen molar-refractivity contribution in [3.63, 3.8) is 0 Å². The normalized spacial score (nSPS) is 19.6.